The van der Waals surface area contributed by atoms with Gasteiger partial charge < -0.3 is 15.2 Å². The molecule has 92 valence electrons. The Morgan fingerprint density at radius 2 is 2.18 bits per heavy atom. The van der Waals surface area contributed by atoms with E-state index < -0.39 is 0 Å². The lowest BCUT2D eigenvalue weighted by atomic mass is 10.0. The molecule has 1 aromatic rings. The summed E-state index contributed by atoms with van der Waals surface area (Å²) in [6.45, 7) is 4.95. The lowest BCUT2D eigenvalue weighted by Crippen LogP contribution is -2.19. The molecule has 0 spiro atoms. The van der Waals surface area contributed by atoms with Crippen molar-refractivity contribution in [2.75, 3.05) is 18.9 Å². The molecule has 1 saturated heterocycles. The van der Waals surface area contributed by atoms with Crippen molar-refractivity contribution >= 4 is 11.7 Å². The molecule has 1 fully saturated rings. The van der Waals surface area contributed by atoms with E-state index in [2.05, 4.69) is 0 Å². The quantitative estimate of drug-likeness (QED) is 0.627. The summed E-state index contributed by atoms with van der Waals surface area (Å²) in [6, 6.07) is 3.58. The molecule has 2 rings (SSSR count). The second-order valence-electron chi connectivity index (χ2n) is 4.41. The summed E-state index contributed by atoms with van der Waals surface area (Å²) < 4.78 is 10.5. The van der Waals surface area contributed by atoms with Crippen LogP contribution in [0.4, 0.5) is 5.69 Å². The van der Waals surface area contributed by atoms with Gasteiger partial charge in [0.1, 0.15) is 6.10 Å². The van der Waals surface area contributed by atoms with Gasteiger partial charge in [-0.2, -0.15) is 0 Å². The number of rotatable bonds is 2. The third-order valence-corrected chi connectivity index (χ3v) is 2.99. The zero-order chi connectivity index (χ0) is 12.4. The van der Waals surface area contributed by atoms with Gasteiger partial charge in [0.25, 0.3) is 0 Å². The number of nitrogen functional groups attached to an aromatic ring is 1. The first-order chi connectivity index (χ1) is 8.08. The third-order valence-electron chi connectivity index (χ3n) is 2.99. The normalized spacial score (nSPS) is 19.3. The molecule has 1 heterocycles. The van der Waals surface area contributed by atoms with Crippen LogP contribution in [0.2, 0.25) is 0 Å². The minimum absolute atomic E-state index is 0.121. The second-order valence-corrected chi connectivity index (χ2v) is 4.41. The smallest absolute Gasteiger partial charge is 0.338 e. The zero-order valence-electron chi connectivity index (χ0n) is 10.2. The van der Waals surface area contributed by atoms with Crippen LogP contribution < -0.4 is 5.73 Å². The van der Waals surface area contributed by atoms with E-state index in [0.717, 1.165) is 17.5 Å². The Labute approximate surface area is 101 Å². The van der Waals surface area contributed by atoms with E-state index in [-0.39, 0.29) is 12.1 Å². The number of carbonyl (C=O) groups is 1. The maximum atomic E-state index is 12.0. The van der Waals surface area contributed by atoms with Crippen LogP contribution >= 0.6 is 0 Å². The van der Waals surface area contributed by atoms with Gasteiger partial charge in [0.2, 0.25) is 0 Å². The SMILES string of the molecule is Cc1cc(C)c(C(=O)OC2CCOC2)cc1N. The van der Waals surface area contributed by atoms with Gasteiger partial charge in [-0.25, -0.2) is 4.79 Å². The molecule has 0 saturated carbocycles. The molecule has 1 aromatic carbocycles. The third kappa shape index (κ3) is 2.58. The van der Waals surface area contributed by atoms with E-state index in [1.54, 1.807) is 6.07 Å². The largest absolute Gasteiger partial charge is 0.456 e. The number of carbonyl (C=O) groups excluding carboxylic acids is 1. The molecule has 0 aromatic heterocycles. The highest BCUT2D eigenvalue weighted by atomic mass is 16.6. The van der Waals surface area contributed by atoms with Gasteiger partial charge in [-0.3, -0.25) is 0 Å². The predicted octanol–water partition coefficient (Wildman–Crippen LogP) is 1.83. The highest BCUT2D eigenvalue weighted by molar-refractivity contribution is 5.92. The molecule has 0 amide bonds. The molecular formula is C13H17NO3. The monoisotopic (exact) mass is 235 g/mol. The number of benzene rings is 1. The molecule has 0 aliphatic carbocycles. The highest BCUT2D eigenvalue weighted by Crippen LogP contribution is 2.20. The summed E-state index contributed by atoms with van der Waals surface area (Å²) in [5.41, 5.74) is 8.83. The number of ether oxygens (including phenoxy) is 2. The first-order valence-electron chi connectivity index (χ1n) is 5.73. The molecule has 1 atom stereocenters. The maximum Gasteiger partial charge on any atom is 0.338 e. The molecule has 2 N–H and O–H groups in total. The van der Waals surface area contributed by atoms with Crippen molar-refractivity contribution in [2.45, 2.75) is 26.4 Å². The van der Waals surface area contributed by atoms with Gasteiger partial charge in [0, 0.05) is 12.1 Å². The van der Waals surface area contributed by atoms with Gasteiger partial charge in [-0.1, -0.05) is 6.07 Å². The van der Waals surface area contributed by atoms with Crippen molar-refractivity contribution in [3.05, 3.63) is 28.8 Å². The number of esters is 1. The molecule has 1 unspecified atom stereocenters. The lowest BCUT2D eigenvalue weighted by molar-refractivity contribution is 0.0270. The number of hydrogen-bond acceptors (Lipinski definition) is 4. The fourth-order valence-electron chi connectivity index (χ4n) is 1.91. The van der Waals surface area contributed by atoms with Crippen LogP contribution in [-0.4, -0.2) is 25.3 Å². The second kappa shape index (κ2) is 4.75. The highest BCUT2D eigenvalue weighted by Gasteiger charge is 2.22. The molecule has 4 nitrogen and oxygen atoms in total. The number of aryl methyl sites for hydroxylation is 2. The van der Waals surface area contributed by atoms with Gasteiger partial charge in [0.15, 0.2) is 0 Å². The van der Waals surface area contributed by atoms with Gasteiger partial charge >= 0.3 is 5.97 Å². The summed E-state index contributed by atoms with van der Waals surface area (Å²) in [5.74, 6) is -0.315. The van der Waals surface area contributed by atoms with E-state index in [4.69, 9.17) is 15.2 Å². The van der Waals surface area contributed by atoms with Crippen molar-refractivity contribution in [3.8, 4) is 0 Å². The van der Waals surface area contributed by atoms with Crippen molar-refractivity contribution in [2.24, 2.45) is 0 Å². The minimum atomic E-state index is -0.315. The maximum absolute atomic E-state index is 12.0. The van der Waals surface area contributed by atoms with Crippen LogP contribution in [0.3, 0.4) is 0 Å². The Morgan fingerprint density at radius 1 is 1.41 bits per heavy atom. The summed E-state index contributed by atoms with van der Waals surface area (Å²) in [7, 11) is 0. The number of hydrogen-bond donors (Lipinski definition) is 1. The van der Waals surface area contributed by atoms with Crippen molar-refractivity contribution < 1.29 is 14.3 Å². The average molecular weight is 235 g/mol. The van der Waals surface area contributed by atoms with Crippen molar-refractivity contribution in [3.63, 3.8) is 0 Å². The summed E-state index contributed by atoms with van der Waals surface area (Å²) in [4.78, 5) is 12.0. The van der Waals surface area contributed by atoms with Crippen LogP contribution in [0.15, 0.2) is 12.1 Å². The van der Waals surface area contributed by atoms with Gasteiger partial charge in [-0.15, -0.1) is 0 Å². The lowest BCUT2D eigenvalue weighted by Gasteiger charge is -2.13. The zero-order valence-corrected chi connectivity index (χ0v) is 10.2. The summed E-state index contributed by atoms with van der Waals surface area (Å²) >= 11 is 0. The van der Waals surface area contributed by atoms with Gasteiger partial charge in [-0.05, 0) is 31.0 Å². The van der Waals surface area contributed by atoms with E-state index >= 15 is 0 Å². The predicted molar refractivity (Wildman–Crippen MR) is 65.0 cm³/mol. The molecule has 1 aliphatic rings. The van der Waals surface area contributed by atoms with E-state index in [1.165, 1.54) is 0 Å². The fraction of sp³-hybridized carbons (Fsp3) is 0.462. The number of nitrogens with two attached hydrogens (primary N) is 1. The van der Waals surface area contributed by atoms with E-state index in [0.29, 0.717) is 24.5 Å². The first-order valence-corrected chi connectivity index (χ1v) is 5.73. The Hall–Kier alpha value is -1.55. The molecule has 0 radical (unpaired) electrons. The average Bonchev–Trinajstić information content (AvgIpc) is 2.76. The van der Waals surface area contributed by atoms with Crippen LogP contribution in [0, 0.1) is 13.8 Å². The molecule has 0 bridgehead atoms. The standard InChI is InChI=1S/C13H17NO3/c1-8-5-9(2)12(14)6-11(8)13(15)17-10-3-4-16-7-10/h5-6,10H,3-4,7,14H2,1-2H3. The summed E-state index contributed by atoms with van der Waals surface area (Å²) in [5, 5.41) is 0. The van der Waals surface area contributed by atoms with E-state index in [9.17, 15) is 4.79 Å². The van der Waals surface area contributed by atoms with Crippen LogP contribution in [-0.2, 0) is 9.47 Å². The number of anilines is 1. The molecule has 1 aliphatic heterocycles. The van der Waals surface area contributed by atoms with Crippen LogP contribution in [0.5, 0.6) is 0 Å². The Balaban J connectivity index is 2.15. The summed E-state index contributed by atoms with van der Waals surface area (Å²) in [6.07, 6.45) is 0.649. The van der Waals surface area contributed by atoms with Crippen molar-refractivity contribution in [1.82, 2.24) is 0 Å². The Morgan fingerprint density at radius 3 is 2.82 bits per heavy atom. The Kier molecular flexibility index (Phi) is 3.33. The fourth-order valence-corrected chi connectivity index (χ4v) is 1.91. The molecule has 4 heteroatoms. The Bertz CT molecular complexity index is 437. The first kappa shape index (κ1) is 11.9. The van der Waals surface area contributed by atoms with Crippen molar-refractivity contribution in [1.29, 1.82) is 0 Å². The van der Waals surface area contributed by atoms with Gasteiger partial charge in [0.05, 0.1) is 18.8 Å². The topological polar surface area (TPSA) is 61.5 Å². The molecule has 17 heavy (non-hydrogen) atoms. The van der Waals surface area contributed by atoms with Crippen LogP contribution in [0.1, 0.15) is 27.9 Å². The minimum Gasteiger partial charge on any atom is -0.456 e. The van der Waals surface area contributed by atoms with Crippen LogP contribution in [0.25, 0.3) is 0 Å². The van der Waals surface area contributed by atoms with E-state index in [1.807, 2.05) is 19.9 Å². The molecular weight excluding hydrogens is 218 g/mol.